The maximum atomic E-state index is 12.8. The van der Waals surface area contributed by atoms with Crippen molar-refractivity contribution in [2.24, 2.45) is 0 Å². The van der Waals surface area contributed by atoms with E-state index >= 15 is 0 Å². The van der Waals surface area contributed by atoms with E-state index in [1.807, 2.05) is 41.2 Å². The van der Waals surface area contributed by atoms with Gasteiger partial charge in [-0.25, -0.2) is 9.37 Å². The average molecular weight is 328 g/mol. The van der Waals surface area contributed by atoms with Crippen molar-refractivity contribution in [3.05, 3.63) is 36.5 Å². The fourth-order valence-electron chi connectivity index (χ4n) is 3.12. The smallest absolute Gasteiger partial charge is 0.209 e. The minimum atomic E-state index is -0.325. The van der Waals surface area contributed by atoms with E-state index in [-0.39, 0.29) is 12.8 Å². The van der Waals surface area contributed by atoms with Crippen LogP contribution in [0.4, 0.5) is 10.3 Å². The third-order valence-corrected chi connectivity index (χ3v) is 4.54. The molecule has 2 aliphatic rings. The van der Waals surface area contributed by atoms with Crippen LogP contribution in [0.3, 0.4) is 0 Å². The van der Waals surface area contributed by atoms with E-state index in [0.717, 1.165) is 35.8 Å². The first kappa shape index (κ1) is 15.2. The van der Waals surface area contributed by atoms with Crippen molar-refractivity contribution in [2.45, 2.75) is 25.0 Å². The Kier molecular flexibility index (Phi) is 3.98. The highest BCUT2D eigenvalue weighted by atomic mass is 19.1. The SMILES string of the molecule is COc1ccc(-c2cn3c(n2)NC(N(CCF)C2CC2)C=C3)cc1. The van der Waals surface area contributed by atoms with Crippen molar-refractivity contribution in [3.63, 3.8) is 0 Å². The molecule has 1 aliphatic carbocycles. The molecular weight excluding hydrogens is 307 g/mol. The van der Waals surface area contributed by atoms with Gasteiger partial charge in [0.15, 0.2) is 0 Å². The van der Waals surface area contributed by atoms with Gasteiger partial charge in [-0.1, -0.05) is 0 Å². The molecule has 0 amide bonds. The highest BCUT2D eigenvalue weighted by Gasteiger charge is 2.34. The van der Waals surface area contributed by atoms with Crippen molar-refractivity contribution in [3.8, 4) is 17.0 Å². The summed E-state index contributed by atoms with van der Waals surface area (Å²) in [6, 6.07) is 8.33. The van der Waals surface area contributed by atoms with Gasteiger partial charge in [0.25, 0.3) is 0 Å². The molecule has 1 aromatic heterocycles. The summed E-state index contributed by atoms with van der Waals surface area (Å²) in [6.07, 6.45) is 8.37. The van der Waals surface area contributed by atoms with Crippen LogP contribution in [0.25, 0.3) is 17.5 Å². The predicted molar refractivity (Wildman–Crippen MR) is 92.7 cm³/mol. The number of benzene rings is 1. The predicted octanol–water partition coefficient (Wildman–Crippen LogP) is 3.21. The number of alkyl halides is 1. The first-order valence-electron chi connectivity index (χ1n) is 8.28. The second-order valence-corrected chi connectivity index (χ2v) is 6.17. The van der Waals surface area contributed by atoms with E-state index in [0.29, 0.717) is 12.6 Å². The highest BCUT2D eigenvalue weighted by Crippen LogP contribution is 2.31. The molecule has 2 aromatic rings. The van der Waals surface area contributed by atoms with E-state index in [9.17, 15) is 4.39 Å². The molecule has 0 bridgehead atoms. The van der Waals surface area contributed by atoms with Gasteiger partial charge in [-0.2, -0.15) is 0 Å². The molecule has 1 aromatic carbocycles. The number of hydrogen-bond acceptors (Lipinski definition) is 4. The molecule has 6 heteroatoms. The minimum Gasteiger partial charge on any atom is -0.497 e. The molecule has 0 spiro atoms. The Balaban J connectivity index is 1.54. The quantitative estimate of drug-likeness (QED) is 0.884. The summed E-state index contributed by atoms with van der Waals surface area (Å²) in [5, 5.41) is 3.42. The maximum Gasteiger partial charge on any atom is 0.209 e. The van der Waals surface area contributed by atoms with Crippen molar-refractivity contribution >= 4 is 12.1 Å². The summed E-state index contributed by atoms with van der Waals surface area (Å²) >= 11 is 0. The van der Waals surface area contributed by atoms with E-state index in [1.165, 1.54) is 0 Å². The van der Waals surface area contributed by atoms with Crippen LogP contribution in [0.2, 0.25) is 0 Å². The molecule has 1 unspecified atom stereocenters. The number of halogens is 1. The van der Waals surface area contributed by atoms with E-state index in [4.69, 9.17) is 4.74 Å². The number of fused-ring (bicyclic) bond motifs is 1. The van der Waals surface area contributed by atoms with Crippen molar-refractivity contribution in [2.75, 3.05) is 25.6 Å². The Bertz CT molecular complexity index is 736. The molecule has 1 atom stereocenters. The molecule has 5 nitrogen and oxygen atoms in total. The normalized spacial score (nSPS) is 19.2. The van der Waals surface area contributed by atoms with Gasteiger partial charge in [-0.05, 0) is 43.2 Å². The van der Waals surface area contributed by atoms with Crippen LogP contribution < -0.4 is 10.1 Å². The molecule has 1 aliphatic heterocycles. The van der Waals surface area contributed by atoms with E-state index in [1.54, 1.807) is 7.11 Å². The van der Waals surface area contributed by atoms with Crippen molar-refractivity contribution in [1.29, 1.82) is 0 Å². The number of hydrogen-bond donors (Lipinski definition) is 1. The van der Waals surface area contributed by atoms with Crippen LogP contribution in [0.1, 0.15) is 12.8 Å². The van der Waals surface area contributed by atoms with Gasteiger partial charge in [0.05, 0.1) is 12.8 Å². The van der Waals surface area contributed by atoms with Gasteiger partial charge in [-0.3, -0.25) is 9.47 Å². The zero-order valence-corrected chi connectivity index (χ0v) is 13.7. The van der Waals surface area contributed by atoms with Gasteiger partial charge >= 0.3 is 0 Å². The third kappa shape index (κ3) is 2.89. The summed E-state index contributed by atoms with van der Waals surface area (Å²) in [6.45, 7) is 0.132. The van der Waals surface area contributed by atoms with Crippen molar-refractivity contribution in [1.82, 2.24) is 14.5 Å². The fourth-order valence-corrected chi connectivity index (χ4v) is 3.12. The summed E-state index contributed by atoms with van der Waals surface area (Å²) < 4.78 is 20.0. The lowest BCUT2D eigenvalue weighted by Crippen LogP contribution is -2.43. The van der Waals surface area contributed by atoms with Gasteiger partial charge < -0.3 is 10.1 Å². The standard InChI is InChI=1S/C18H21FN4O/c1-24-15-6-2-13(3-7-15)16-12-22-10-8-17(21-18(22)20-16)23(11-9-19)14-4-5-14/h2-3,6-8,10,12,14,17H,4-5,9,11H2,1H3,(H,20,21). The largest absolute Gasteiger partial charge is 0.497 e. The first-order chi connectivity index (χ1) is 11.8. The van der Waals surface area contributed by atoms with Gasteiger partial charge in [0.1, 0.15) is 18.6 Å². The molecule has 24 heavy (non-hydrogen) atoms. The Morgan fingerprint density at radius 2 is 2.12 bits per heavy atom. The molecule has 1 N–H and O–H groups in total. The van der Waals surface area contributed by atoms with Crippen LogP contribution >= 0.6 is 0 Å². The van der Waals surface area contributed by atoms with E-state index in [2.05, 4.69) is 21.3 Å². The topological polar surface area (TPSA) is 42.3 Å². The highest BCUT2D eigenvalue weighted by molar-refractivity contribution is 5.64. The van der Waals surface area contributed by atoms with Gasteiger partial charge in [-0.15, -0.1) is 0 Å². The van der Waals surface area contributed by atoms with Crippen LogP contribution in [0.15, 0.2) is 36.5 Å². The number of anilines is 1. The molecule has 4 rings (SSSR count). The summed E-state index contributed by atoms with van der Waals surface area (Å²) in [7, 11) is 1.65. The lowest BCUT2D eigenvalue weighted by Gasteiger charge is -2.31. The number of nitrogens with zero attached hydrogens (tertiary/aromatic N) is 3. The van der Waals surface area contributed by atoms with Crippen LogP contribution in [0.5, 0.6) is 5.75 Å². The Morgan fingerprint density at radius 3 is 2.79 bits per heavy atom. The molecule has 0 radical (unpaired) electrons. The van der Waals surface area contributed by atoms with Crippen LogP contribution in [-0.2, 0) is 0 Å². The molecule has 1 fully saturated rings. The summed E-state index contributed by atoms with van der Waals surface area (Å²) in [5.41, 5.74) is 1.93. The second-order valence-electron chi connectivity index (χ2n) is 6.17. The van der Waals surface area contributed by atoms with Gasteiger partial charge in [0.2, 0.25) is 5.95 Å². The number of rotatable bonds is 6. The zero-order chi connectivity index (χ0) is 16.5. The Labute approximate surface area is 140 Å². The first-order valence-corrected chi connectivity index (χ1v) is 8.28. The van der Waals surface area contributed by atoms with E-state index < -0.39 is 0 Å². The third-order valence-electron chi connectivity index (χ3n) is 4.54. The maximum absolute atomic E-state index is 12.8. The molecular formula is C18H21FN4O. The Hall–Kier alpha value is -2.34. The number of nitrogens with one attached hydrogen (secondary N) is 1. The molecule has 0 saturated heterocycles. The van der Waals surface area contributed by atoms with Crippen molar-refractivity contribution < 1.29 is 9.13 Å². The summed E-state index contributed by atoms with van der Waals surface area (Å²) in [5.74, 6) is 1.62. The fraction of sp³-hybridized carbons (Fsp3) is 0.389. The lowest BCUT2D eigenvalue weighted by molar-refractivity contribution is 0.213. The minimum absolute atomic E-state index is 0.00636. The van der Waals surface area contributed by atoms with Gasteiger partial charge in [0, 0.05) is 30.5 Å². The molecule has 126 valence electrons. The van der Waals surface area contributed by atoms with Crippen LogP contribution in [-0.4, -0.2) is 47.0 Å². The number of ether oxygens (including phenoxy) is 1. The number of imidazole rings is 1. The number of methoxy groups -OCH3 is 1. The Morgan fingerprint density at radius 1 is 1.33 bits per heavy atom. The van der Waals surface area contributed by atoms with Crippen LogP contribution in [0, 0.1) is 0 Å². The lowest BCUT2D eigenvalue weighted by atomic mass is 10.2. The monoisotopic (exact) mass is 328 g/mol. The second kappa shape index (κ2) is 6.28. The zero-order valence-electron chi connectivity index (χ0n) is 13.7. The summed E-state index contributed by atoms with van der Waals surface area (Å²) in [4.78, 5) is 6.87. The average Bonchev–Trinajstić information content (AvgIpc) is 3.37. The molecule has 2 heterocycles. The molecule has 1 saturated carbocycles. The number of aromatic nitrogens is 2.